The monoisotopic (exact) mass is 282 g/mol. The Hall–Kier alpha value is -2.49. The van der Waals surface area contributed by atoms with E-state index in [9.17, 15) is 4.79 Å². The van der Waals surface area contributed by atoms with E-state index in [0.29, 0.717) is 19.7 Å². The maximum Gasteiger partial charge on any atom is 0.414 e. The van der Waals surface area contributed by atoms with Gasteiger partial charge in [-0.1, -0.05) is 35.9 Å². The number of rotatable bonds is 4. The first-order valence-corrected chi connectivity index (χ1v) is 7.07. The summed E-state index contributed by atoms with van der Waals surface area (Å²) in [7, 11) is 0. The molecule has 108 valence electrons. The molecule has 0 spiro atoms. The SMILES string of the molecule is Cc1ccc(NCCN2C(=O)OCc3ccccc32)cc1. The molecule has 1 aliphatic heterocycles. The molecule has 1 amide bonds. The fraction of sp³-hybridized carbons (Fsp3) is 0.235. The topological polar surface area (TPSA) is 41.6 Å². The molecule has 0 atom stereocenters. The summed E-state index contributed by atoms with van der Waals surface area (Å²) >= 11 is 0. The lowest BCUT2D eigenvalue weighted by atomic mass is 10.1. The average Bonchev–Trinajstić information content (AvgIpc) is 2.51. The minimum atomic E-state index is -0.278. The number of cyclic esters (lactones) is 1. The molecule has 0 bridgehead atoms. The van der Waals surface area contributed by atoms with Gasteiger partial charge in [-0.25, -0.2) is 4.79 Å². The highest BCUT2D eigenvalue weighted by Crippen LogP contribution is 2.26. The Labute approximate surface area is 124 Å². The lowest BCUT2D eigenvalue weighted by molar-refractivity contribution is 0.142. The van der Waals surface area contributed by atoms with Crippen LogP contribution in [-0.2, 0) is 11.3 Å². The van der Waals surface area contributed by atoms with Gasteiger partial charge in [0.25, 0.3) is 0 Å². The highest BCUT2D eigenvalue weighted by molar-refractivity contribution is 5.90. The number of benzene rings is 2. The Morgan fingerprint density at radius 3 is 2.71 bits per heavy atom. The molecule has 0 radical (unpaired) electrons. The van der Waals surface area contributed by atoms with Crippen LogP contribution in [0.3, 0.4) is 0 Å². The van der Waals surface area contributed by atoms with Crippen molar-refractivity contribution < 1.29 is 9.53 Å². The number of carbonyl (C=O) groups excluding carboxylic acids is 1. The van der Waals surface area contributed by atoms with Crippen LogP contribution >= 0.6 is 0 Å². The van der Waals surface area contributed by atoms with Crippen LogP contribution in [0.25, 0.3) is 0 Å². The van der Waals surface area contributed by atoms with E-state index in [-0.39, 0.29) is 6.09 Å². The number of ether oxygens (including phenoxy) is 1. The summed E-state index contributed by atoms with van der Waals surface area (Å²) in [4.78, 5) is 13.6. The largest absolute Gasteiger partial charge is 0.444 e. The van der Waals surface area contributed by atoms with Gasteiger partial charge in [-0.15, -0.1) is 0 Å². The summed E-state index contributed by atoms with van der Waals surface area (Å²) < 4.78 is 5.19. The van der Waals surface area contributed by atoms with Crippen molar-refractivity contribution in [1.29, 1.82) is 0 Å². The lowest BCUT2D eigenvalue weighted by Crippen LogP contribution is -2.38. The number of anilines is 2. The second kappa shape index (κ2) is 5.87. The second-order valence-electron chi connectivity index (χ2n) is 5.13. The van der Waals surface area contributed by atoms with Gasteiger partial charge in [0.15, 0.2) is 0 Å². The molecular weight excluding hydrogens is 264 g/mol. The predicted molar refractivity (Wildman–Crippen MR) is 83.6 cm³/mol. The number of fused-ring (bicyclic) bond motifs is 1. The van der Waals surface area contributed by atoms with Crippen molar-refractivity contribution in [2.45, 2.75) is 13.5 Å². The van der Waals surface area contributed by atoms with Gasteiger partial charge in [0, 0.05) is 24.3 Å². The summed E-state index contributed by atoms with van der Waals surface area (Å²) in [6.45, 7) is 3.66. The van der Waals surface area contributed by atoms with Crippen molar-refractivity contribution >= 4 is 17.5 Å². The van der Waals surface area contributed by atoms with Gasteiger partial charge in [-0.05, 0) is 25.1 Å². The molecule has 1 heterocycles. The van der Waals surface area contributed by atoms with Gasteiger partial charge in [0.1, 0.15) is 6.61 Å². The van der Waals surface area contributed by atoms with E-state index in [1.165, 1.54) is 5.56 Å². The first kappa shape index (κ1) is 13.5. The molecule has 3 rings (SSSR count). The van der Waals surface area contributed by atoms with Crippen molar-refractivity contribution in [2.75, 3.05) is 23.3 Å². The molecule has 1 N–H and O–H groups in total. The van der Waals surface area contributed by atoms with Crippen LogP contribution in [0.1, 0.15) is 11.1 Å². The molecule has 4 heteroatoms. The van der Waals surface area contributed by atoms with E-state index in [2.05, 4.69) is 24.4 Å². The summed E-state index contributed by atoms with van der Waals surface area (Å²) in [5, 5.41) is 3.32. The van der Waals surface area contributed by atoms with Gasteiger partial charge in [-0.3, -0.25) is 4.90 Å². The fourth-order valence-electron chi connectivity index (χ4n) is 2.41. The zero-order valence-corrected chi connectivity index (χ0v) is 12.0. The Kier molecular flexibility index (Phi) is 3.77. The third-order valence-corrected chi connectivity index (χ3v) is 3.57. The molecule has 2 aromatic carbocycles. The summed E-state index contributed by atoms with van der Waals surface area (Å²) in [5.74, 6) is 0. The van der Waals surface area contributed by atoms with Gasteiger partial charge in [-0.2, -0.15) is 0 Å². The predicted octanol–water partition coefficient (Wildman–Crippen LogP) is 3.56. The number of hydrogen-bond acceptors (Lipinski definition) is 3. The molecule has 0 unspecified atom stereocenters. The third kappa shape index (κ3) is 2.99. The number of nitrogens with one attached hydrogen (secondary N) is 1. The Balaban J connectivity index is 1.65. The average molecular weight is 282 g/mol. The van der Waals surface area contributed by atoms with E-state index in [4.69, 9.17) is 4.74 Å². The van der Waals surface area contributed by atoms with Crippen LogP contribution in [0.5, 0.6) is 0 Å². The quantitative estimate of drug-likeness (QED) is 0.932. The van der Waals surface area contributed by atoms with Crippen molar-refractivity contribution in [3.05, 3.63) is 59.7 Å². The highest BCUT2D eigenvalue weighted by Gasteiger charge is 2.24. The standard InChI is InChI=1S/C17H18N2O2/c1-13-6-8-15(9-7-13)18-10-11-19-16-5-3-2-4-14(16)12-21-17(19)20/h2-9,18H,10-12H2,1H3. The van der Waals surface area contributed by atoms with Crippen LogP contribution in [0.15, 0.2) is 48.5 Å². The van der Waals surface area contributed by atoms with Crippen LogP contribution in [0.4, 0.5) is 16.2 Å². The summed E-state index contributed by atoms with van der Waals surface area (Å²) in [6, 6.07) is 16.1. The molecule has 1 aliphatic rings. The molecule has 21 heavy (non-hydrogen) atoms. The number of para-hydroxylation sites is 1. The van der Waals surface area contributed by atoms with E-state index in [1.54, 1.807) is 4.90 Å². The maximum atomic E-state index is 11.9. The molecule has 0 saturated heterocycles. The third-order valence-electron chi connectivity index (χ3n) is 3.57. The fourth-order valence-corrected chi connectivity index (χ4v) is 2.41. The number of nitrogens with zero attached hydrogens (tertiary/aromatic N) is 1. The van der Waals surface area contributed by atoms with E-state index in [0.717, 1.165) is 16.9 Å². The zero-order chi connectivity index (χ0) is 14.7. The van der Waals surface area contributed by atoms with Crippen molar-refractivity contribution in [3.63, 3.8) is 0 Å². The smallest absolute Gasteiger partial charge is 0.414 e. The van der Waals surface area contributed by atoms with Crippen molar-refractivity contribution in [1.82, 2.24) is 0 Å². The number of carbonyl (C=O) groups is 1. The van der Waals surface area contributed by atoms with E-state index < -0.39 is 0 Å². The zero-order valence-electron chi connectivity index (χ0n) is 12.0. The Morgan fingerprint density at radius 2 is 1.90 bits per heavy atom. The highest BCUT2D eigenvalue weighted by atomic mass is 16.6. The van der Waals surface area contributed by atoms with Crippen LogP contribution in [0, 0.1) is 6.92 Å². The Bertz CT molecular complexity index is 637. The molecule has 0 aliphatic carbocycles. The minimum absolute atomic E-state index is 0.278. The van der Waals surface area contributed by atoms with Gasteiger partial charge in [0.2, 0.25) is 0 Å². The first-order valence-electron chi connectivity index (χ1n) is 7.07. The number of hydrogen-bond donors (Lipinski definition) is 1. The first-order chi connectivity index (χ1) is 10.2. The Morgan fingerprint density at radius 1 is 1.14 bits per heavy atom. The number of amides is 1. The van der Waals surface area contributed by atoms with Gasteiger partial charge >= 0.3 is 6.09 Å². The van der Waals surface area contributed by atoms with Crippen LogP contribution < -0.4 is 10.2 Å². The second-order valence-corrected chi connectivity index (χ2v) is 5.13. The number of aryl methyl sites for hydroxylation is 1. The van der Waals surface area contributed by atoms with E-state index in [1.807, 2.05) is 36.4 Å². The van der Waals surface area contributed by atoms with Crippen molar-refractivity contribution in [3.8, 4) is 0 Å². The summed E-state index contributed by atoms with van der Waals surface area (Å²) in [5.41, 5.74) is 4.28. The minimum Gasteiger partial charge on any atom is -0.444 e. The van der Waals surface area contributed by atoms with Crippen LogP contribution in [0.2, 0.25) is 0 Å². The maximum absolute atomic E-state index is 11.9. The molecule has 0 aromatic heterocycles. The van der Waals surface area contributed by atoms with Gasteiger partial charge < -0.3 is 10.1 Å². The summed E-state index contributed by atoms with van der Waals surface area (Å²) in [6.07, 6.45) is -0.278. The normalized spacial score (nSPS) is 13.6. The van der Waals surface area contributed by atoms with Crippen molar-refractivity contribution in [2.24, 2.45) is 0 Å². The lowest BCUT2D eigenvalue weighted by Gasteiger charge is -2.29. The van der Waals surface area contributed by atoms with Gasteiger partial charge in [0.05, 0.1) is 5.69 Å². The molecule has 0 saturated carbocycles. The molecule has 2 aromatic rings. The molecule has 4 nitrogen and oxygen atoms in total. The van der Waals surface area contributed by atoms with Crippen LogP contribution in [-0.4, -0.2) is 19.2 Å². The molecule has 0 fully saturated rings. The molecular formula is C17H18N2O2. The van der Waals surface area contributed by atoms with E-state index >= 15 is 0 Å².